The van der Waals surface area contributed by atoms with Gasteiger partial charge in [0.25, 0.3) is 5.69 Å². The first-order valence-electron chi connectivity index (χ1n) is 7.27. The molecule has 0 bridgehead atoms. The molecule has 1 heterocycles. The first-order chi connectivity index (χ1) is 9.77. The van der Waals surface area contributed by atoms with Crippen molar-refractivity contribution in [3.63, 3.8) is 0 Å². The van der Waals surface area contributed by atoms with Crippen molar-refractivity contribution in [2.24, 2.45) is 0 Å². The number of nitrogens with zero attached hydrogens (tertiary/aromatic N) is 3. The molecule has 1 saturated heterocycles. The predicted molar refractivity (Wildman–Crippen MR) is 84.1 cm³/mol. The lowest BCUT2D eigenvalue weighted by atomic mass is 10.0. The molecule has 21 heavy (non-hydrogen) atoms. The molecule has 0 amide bonds. The van der Waals surface area contributed by atoms with E-state index in [0.717, 1.165) is 38.3 Å². The lowest BCUT2D eigenvalue weighted by molar-refractivity contribution is -0.384. The largest absolute Gasteiger partial charge is 0.393 e. The molecule has 0 unspecified atom stereocenters. The zero-order chi connectivity index (χ0) is 15.6. The van der Waals surface area contributed by atoms with Crippen molar-refractivity contribution in [1.29, 1.82) is 0 Å². The van der Waals surface area contributed by atoms with Crippen molar-refractivity contribution < 1.29 is 4.92 Å². The zero-order valence-electron chi connectivity index (χ0n) is 13.0. The molecule has 1 aliphatic heterocycles. The standard InChI is InChI=1S/C15H24N4O2/c1-15(2,3)18-8-6-17(7-9-18)11-12-4-5-13(16)14(10-12)19(20)21/h4-5,10H,6-9,11,16H2,1-3H3. The summed E-state index contributed by atoms with van der Waals surface area (Å²) in [7, 11) is 0. The molecule has 6 heteroatoms. The van der Waals surface area contributed by atoms with Gasteiger partial charge in [-0.1, -0.05) is 6.07 Å². The molecule has 0 spiro atoms. The summed E-state index contributed by atoms with van der Waals surface area (Å²) < 4.78 is 0. The minimum absolute atomic E-state index is 0.000766. The summed E-state index contributed by atoms with van der Waals surface area (Å²) in [6, 6.07) is 5.09. The van der Waals surface area contributed by atoms with E-state index in [0.29, 0.717) is 0 Å². The van der Waals surface area contributed by atoms with Gasteiger partial charge in [0.05, 0.1) is 4.92 Å². The van der Waals surface area contributed by atoms with Gasteiger partial charge in [0.15, 0.2) is 0 Å². The second-order valence-corrected chi connectivity index (χ2v) is 6.58. The Balaban J connectivity index is 1.98. The maximum atomic E-state index is 10.9. The van der Waals surface area contributed by atoms with Crippen LogP contribution in [-0.2, 0) is 6.54 Å². The summed E-state index contributed by atoms with van der Waals surface area (Å²) in [6.07, 6.45) is 0. The second kappa shape index (κ2) is 5.99. The van der Waals surface area contributed by atoms with Crippen LogP contribution >= 0.6 is 0 Å². The summed E-state index contributed by atoms with van der Waals surface area (Å²) in [5, 5.41) is 10.9. The Morgan fingerprint density at radius 3 is 2.38 bits per heavy atom. The third kappa shape index (κ3) is 3.92. The first-order valence-corrected chi connectivity index (χ1v) is 7.27. The first kappa shape index (κ1) is 15.7. The van der Waals surface area contributed by atoms with E-state index in [9.17, 15) is 10.1 Å². The molecule has 1 aliphatic rings. The van der Waals surface area contributed by atoms with Crippen LogP contribution in [0.4, 0.5) is 11.4 Å². The van der Waals surface area contributed by atoms with Gasteiger partial charge >= 0.3 is 0 Å². The van der Waals surface area contributed by atoms with Crippen LogP contribution in [0, 0.1) is 10.1 Å². The Kier molecular flexibility index (Phi) is 4.49. The average Bonchev–Trinajstić information content (AvgIpc) is 2.40. The van der Waals surface area contributed by atoms with E-state index in [1.54, 1.807) is 12.1 Å². The van der Waals surface area contributed by atoms with Crippen LogP contribution in [0.15, 0.2) is 18.2 Å². The van der Waals surface area contributed by atoms with Gasteiger partial charge in [0.1, 0.15) is 5.69 Å². The topological polar surface area (TPSA) is 75.6 Å². The summed E-state index contributed by atoms with van der Waals surface area (Å²) in [5.74, 6) is 0. The van der Waals surface area contributed by atoms with Crippen molar-refractivity contribution in [2.75, 3.05) is 31.9 Å². The van der Waals surface area contributed by atoms with E-state index < -0.39 is 4.92 Å². The van der Waals surface area contributed by atoms with Gasteiger partial charge in [-0.2, -0.15) is 0 Å². The highest BCUT2D eigenvalue weighted by Crippen LogP contribution is 2.24. The van der Waals surface area contributed by atoms with Crippen molar-refractivity contribution >= 4 is 11.4 Å². The number of nitrogens with two attached hydrogens (primary N) is 1. The molecule has 2 N–H and O–H groups in total. The van der Waals surface area contributed by atoms with Crippen LogP contribution < -0.4 is 5.73 Å². The molecule has 0 aliphatic carbocycles. The number of nitro benzene ring substituents is 1. The quantitative estimate of drug-likeness (QED) is 0.524. The Morgan fingerprint density at radius 1 is 1.24 bits per heavy atom. The summed E-state index contributed by atoms with van der Waals surface area (Å²) in [6.45, 7) is 11.4. The number of nitro groups is 1. The lowest BCUT2D eigenvalue weighted by Gasteiger charge is -2.42. The molecular weight excluding hydrogens is 268 g/mol. The molecule has 0 atom stereocenters. The predicted octanol–water partition coefficient (Wildman–Crippen LogP) is 2.09. The molecule has 0 saturated carbocycles. The van der Waals surface area contributed by atoms with Gasteiger partial charge < -0.3 is 5.73 Å². The van der Waals surface area contributed by atoms with E-state index in [1.165, 1.54) is 0 Å². The Bertz CT molecular complexity index is 517. The minimum atomic E-state index is -0.420. The molecule has 6 nitrogen and oxygen atoms in total. The van der Waals surface area contributed by atoms with Gasteiger partial charge in [-0.05, 0) is 32.4 Å². The van der Waals surface area contributed by atoms with Crippen molar-refractivity contribution in [3.8, 4) is 0 Å². The van der Waals surface area contributed by atoms with Crippen LogP contribution in [0.25, 0.3) is 0 Å². The normalized spacial score (nSPS) is 17.9. The Morgan fingerprint density at radius 2 is 1.86 bits per heavy atom. The highest BCUT2D eigenvalue weighted by atomic mass is 16.6. The fraction of sp³-hybridized carbons (Fsp3) is 0.600. The van der Waals surface area contributed by atoms with Crippen LogP contribution in [0.1, 0.15) is 26.3 Å². The molecule has 1 aromatic carbocycles. The summed E-state index contributed by atoms with van der Waals surface area (Å²) >= 11 is 0. The van der Waals surface area contributed by atoms with Gasteiger partial charge in [-0.3, -0.25) is 19.9 Å². The molecule has 0 aromatic heterocycles. The van der Waals surface area contributed by atoms with Crippen molar-refractivity contribution in [1.82, 2.24) is 9.80 Å². The highest BCUT2D eigenvalue weighted by molar-refractivity contribution is 5.59. The van der Waals surface area contributed by atoms with Crippen LogP contribution in [-0.4, -0.2) is 46.4 Å². The van der Waals surface area contributed by atoms with E-state index in [2.05, 4.69) is 30.6 Å². The summed E-state index contributed by atoms with van der Waals surface area (Å²) in [4.78, 5) is 15.3. The van der Waals surface area contributed by atoms with Crippen LogP contribution in [0.3, 0.4) is 0 Å². The summed E-state index contributed by atoms with van der Waals surface area (Å²) in [5.41, 5.74) is 7.00. The van der Waals surface area contributed by atoms with Gasteiger partial charge in [-0.25, -0.2) is 0 Å². The molecule has 1 aromatic rings. The molecular formula is C15H24N4O2. The Labute approximate surface area is 125 Å². The minimum Gasteiger partial charge on any atom is -0.393 e. The monoisotopic (exact) mass is 292 g/mol. The number of rotatable bonds is 3. The average molecular weight is 292 g/mol. The van der Waals surface area contributed by atoms with Crippen molar-refractivity contribution in [2.45, 2.75) is 32.9 Å². The zero-order valence-corrected chi connectivity index (χ0v) is 13.0. The number of piperazine rings is 1. The smallest absolute Gasteiger partial charge is 0.292 e. The molecule has 116 valence electrons. The number of hydrogen-bond acceptors (Lipinski definition) is 5. The molecule has 1 fully saturated rings. The van der Waals surface area contributed by atoms with Crippen LogP contribution in [0.2, 0.25) is 0 Å². The maximum absolute atomic E-state index is 10.9. The van der Waals surface area contributed by atoms with Gasteiger partial charge in [0.2, 0.25) is 0 Å². The van der Waals surface area contributed by atoms with Crippen molar-refractivity contribution in [3.05, 3.63) is 33.9 Å². The van der Waals surface area contributed by atoms with Gasteiger partial charge in [0, 0.05) is 44.3 Å². The third-order valence-corrected chi connectivity index (χ3v) is 4.02. The van der Waals surface area contributed by atoms with Crippen LogP contribution in [0.5, 0.6) is 0 Å². The Hall–Kier alpha value is -1.66. The fourth-order valence-corrected chi connectivity index (χ4v) is 2.68. The van der Waals surface area contributed by atoms with E-state index in [4.69, 9.17) is 5.73 Å². The fourth-order valence-electron chi connectivity index (χ4n) is 2.68. The number of hydrogen-bond donors (Lipinski definition) is 1. The van der Waals surface area contributed by atoms with E-state index in [1.807, 2.05) is 6.07 Å². The number of anilines is 1. The second-order valence-electron chi connectivity index (χ2n) is 6.58. The SMILES string of the molecule is CC(C)(C)N1CCN(Cc2ccc(N)c([N+](=O)[O-])c2)CC1. The number of benzene rings is 1. The molecule has 0 radical (unpaired) electrons. The highest BCUT2D eigenvalue weighted by Gasteiger charge is 2.25. The van der Waals surface area contributed by atoms with E-state index >= 15 is 0 Å². The lowest BCUT2D eigenvalue weighted by Crippen LogP contribution is -2.53. The van der Waals surface area contributed by atoms with E-state index in [-0.39, 0.29) is 16.9 Å². The van der Waals surface area contributed by atoms with Gasteiger partial charge in [-0.15, -0.1) is 0 Å². The maximum Gasteiger partial charge on any atom is 0.292 e. The number of nitrogen functional groups attached to an aromatic ring is 1. The third-order valence-electron chi connectivity index (χ3n) is 4.02. The molecule has 2 rings (SSSR count).